The number of benzene rings is 2. The van der Waals surface area contributed by atoms with Gasteiger partial charge in [-0.2, -0.15) is 0 Å². The van der Waals surface area contributed by atoms with Crippen molar-refractivity contribution in [1.29, 1.82) is 0 Å². The van der Waals surface area contributed by atoms with Crippen molar-refractivity contribution in [3.05, 3.63) is 77.2 Å². The van der Waals surface area contributed by atoms with Crippen LogP contribution < -0.4 is 0 Å². The van der Waals surface area contributed by atoms with E-state index in [-0.39, 0.29) is 31.8 Å². The molecule has 1 unspecified atom stereocenters. The third kappa shape index (κ3) is 8.66. The number of carbonyl (C=O) groups is 1. The third-order valence-electron chi connectivity index (χ3n) is 5.94. The van der Waals surface area contributed by atoms with Crippen LogP contribution in [0, 0.1) is 25.8 Å². The molecule has 1 aromatic heterocycles. The molecule has 0 spiro atoms. The summed E-state index contributed by atoms with van der Waals surface area (Å²) < 4.78 is 12.4. The van der Waals surface area contributed by atoms with Gasteiger partial charge in [0.15, 0.2) is 12.0 Å². The predicted octanol–water partition coefficient (Wildman–Crippen LogP) is 8.23. The van der Waals surface area contributed by atoms with E-state index in [0.717, 1.165) is 35.7 Å². The van der Waals surface area contributed by atoms with Crippen LogP contribution in [0.5, 0.6) is 0 Å². The van der Waals surface area contributed by atoms with Crippen molar-refractivity contribution in [3.63, 3.8) is 0 Å². The summed E-state index contributed by atoms with van der Waals surface area (Å²) in [7, 11) is 0. The van der Waals surface area contributed by atoms with Crippen molar-refractivity contribution in [2.45, 2.75) is 73.4 Å². The van der Waals surface area contributed by atoms with Crippen molar-refractivity contribution in [2.24, 2.45) is 5.92 Å². The molecule has 191 valence electrons. The Morgan fingerprint density at radius 2 is 1.74 bits per heavy atom. The van der Waals surface area contributed by atoms with Crippen LogP contribution in [0.4, 0.5) is 4.39 Å². The minimum atomic E-state index is -1.53. The Morgan fingerprint density at radius 3 is 2.29 bits per heavy atom. The first-order chi connectivity index (χ1) is 16.1. The molecule has 0 aliphatic carbocycles. The van der Waals surface area contributed by atoms with Crippen LogP contribution in [0.2, 0.25) is 0 Å². The van der Waals surface area contributed by atoms with Gasteiger partial charge in [-0.1, -0.05) is 59.7 Å². The van der Waals surface area contributed by atoms with E-state index in [0.29, 0.717) is 5.92 Å². The zero-order valence-corrected chi connectivity index (χ0v) is 24.2. The maximum atomic E-state index is 12.4. The number of rotatable bonds is 7. The maximum Gasteiger partial charge on any atom is 0.192 e. The maximum absolute atomic E-state index is 12.4. The topological polar surface area (TPSA) is 50.2 Å². The number of aryl methyl sites for hydroxylation is 2. The second kappa shape index (κ2) is 14.3. The molecule has 3 rings (SSSR count). The number of hydrogen-bond donors (Lipinski definition) is 1. The standard InChI is InChI=1S/C20H20N.C10H17FO2.Ir/c1-13(2)16-5-6-19-17(12-16)7-8-21-20(19)18-10-14(3)9-15(4)11-18;1-4-8(5-2)10(13)6-9(12)7(3)11;/h5-10,12-13H,1-4H3;6-8,13H,4-5H2,1-3H3;/q-1;;/b;10-6-;. The fraction of sp³-hybridized carbons (Fsp3) is 0.400. The number of fused-ring (bicyclic) bond motifs is 1. The summed E-state index contributed by atoms with van der Waals surface area (Å²) in [6.45, 7) is 13.6. The van der Waals surface area contributed by atoms with Gasteiger partial charge in [-0.3, -0.25) is 4.79 Å². The van der Waals surface area contributed by atoms with E-state index in [2.05, 4.69) is 75.1 Å². The zero-order chi connectivity index (χ0) is 25.4. The Morgan fingerprint density at radius 1 is 1.09 bits per heavy atom. The average molecular weight is 655 g/mol. The van der Waals surface area contributed by atoms with Crippen LogP contribution in [0.25, 0.3) is 22.0 Å². The molecular formula is C30H37FIrNO2-. The number of nitrogens with zero attached hydrogens (tertiary/aromatic N) is 1. The largest absolute Gasteiger partial charge is 0.512 e. The van der Waals surface area contributed by atoms with Gasteiger partial charge in [0.1, 0.15) is 0 Å². The summed E-state index contributed by atoms with van der Waals surface area (Å²) >= 11 is 0. The van der Waals surface area contributed by atoms with Gasteiger partial charge >= 0.3 is 0 Å². The fourth-order valence-corrected chi connectivity index (χ4v) is 3.88. The normalized spacial score (nSPS) is 12.2. The number of carbonyl (C=O) groups excluding carboxylic acids is 1. The number of hydrogen-bond acceptors (Lipinski definition) is 3. The minimum Gasteiger partial charge on any atom is -0.512 e. The van der Waals surface area contributed by atoms with Gasteiger partial charge in [0, 0.05) is 38.3 Å². The van der Waals surface area contributed by atoms with E-state index < -0.39 is 12.0 Å². The van der Waals surface area contributed by atoms with Gasteiger partial charge in [0.2, 0.25) is 0 Å². The number of aliphatic hydroxyl groups is 1. The van der Waals surface area contributed by atoms with Gasteiger partial charge in [-0.15, -0.1) is 34.9 Å². The van der Waals surface area contributed by atoms with Crippen molar-refractivity contribution in [2.75, 3.05) is 0 Å². The summed E-state index contributed by atoms with van der Waals surface area (Å²) in [6, 6.07) is 16.5. The molecule has 0 aliphatic heterocycles. The smallest absolute Gasteiger partial charge is 0.192 e. The van der Waals surface area contributed by atoms with Gasteiger partial charge in [0.05, 0.1) is 5.76 Å². The van der Waals surface area contributed by atoms with Crippen molar-refractivity contribution in [3.8, 4) is 11.3 Å². The molecule has 0 saturated heterocycles. The van der Waals surface area contributed by atoms with Crippen LogP contribution in [-0.4, -0.2) is 22.0 Å². The van der Waals surface area contributed by atoms with Crippen LogP contribution in [0.15, 0.2) is 54.4 Å². The first-order valence-corrected chi connectivity index (χ1v) is 12.0. The van der Waals surface area contributed by atoms with Crippen LogP contribution in [0.1, 0.15) is 70.1 Å². The number of pyridine rings is 1. The van der Waals surface area contributed by atoms with E-state index in [1.807, 2.05) is 20.0 Å². The molecule has 0 amide bonds. The van der Waals surface area contributed by atoms with Crippen LogP contribution in [0.3, 0.4) is 0 Å². The monoisotopic (exact) mass is 655 g/mol. The van der Waals surface area contributed by atoms with Gasteiger partial charge in [-0.05, 0) is 53.8 Å². The molecule has 3 aromatic rings. The number of aliphatic hydroxyl groups excluding tert-OH is 1. The van der Waals surface area contributed by atoms with Crippen molar-refractivity contribution < 1.29 is 34.4 Å². The zero-order valence-electron chi connectivity index (χ0n) is 21.8. The Balaban J connectivity index is 0.000000383. The second-order valence-corrected chi connectivity index (χ2v) is 9.15. The predicted molar refractivity (Wildman–Crippen MR) is 140 cm³/mol. The first kappa shape index (κ1) is 30.7. The van der Waals surface area contributed by atoms with E-state index >= 15 is 0 Å². The summed E-state index contributed by atoms with van der Waals surface area (Å²) in [4.78, 5) is 15.5. The third-order valence-corrected chi connectivity index (χ3v) is 5.94. The summed E-state index contributed by atoms with van der Waals surface area (Å²) in [5.74, 6) is -0.148. The second-order valence-electron chi connectivity index (χ2n) is 9.15. The molecule has 1 N–H and O–H groups in total. The summed E-state index contributed by atoms with van der Waals surface area (Å²) in [6.07, 6.45) is 2.88. The Kier molecular flexibility index (Phi) is 12.5. The van der Waals surface area contributed by atoms with Gasteiger partial charge in [-0.25, -0.2) is 4.39 Å². The Hall–Kier alpha value is -2.36. The molecule has 0 bridgehead atoms. The molecular weight excluding hydrogens is 618 g/mol. The molecule has 0 fully saturated rings. The molecule has 1 atom stereocenters. The molecule has 0 aliphatic rings. The van der Waals surface area contributed by atoms with Gasteiger partial charge < -0.3 is 10.1 Å². The SMILES string of the molecule is CCC(CC)/C(O)=C/C(=O)C(C)F.Cc1[c-]c(-c2nccc3cc(C(C)C)ccc23)cc(C)c1.[Ir]. The van der Waals surface area contributed by atoms with E-state index in [4.69, 9.17) is 0 Å². The quantitative estimate of drug-likeness (QED) is 0.159. The molecule has 1 radical (unpaired) electrons. The van der Waals surface area contributed by atoms with Crippen LogP contribution in [-0.2, 0) is 24.9 Å². The van der Waals surface area contributed by atoms with Crippen LogP contribution >= 0.6 is 0 Å². The molecule has 3 nitrogen and oxygen atoms in total. The van der Waals surface area contributed by atoms with E-state index in [1.54, 1.807) is 0 Å². The summed E-state index contributed by atoms with van der Waals surface area (Å²) in [5.41, 5.74) is 5.87. The molecule has 5 heteroatoms. The van der Waals surface area contributed by atoms with Gasteiger partial charge in [0.25, 0.3) is 0 Å². The van der Waals surface area contributed by atoms with Crippen molar-refractivity contribution in [1.82, 2.24) is 4.98 Å². The van der Waals surface area contributed by atoms with E-state index in [9.17, 15) is 14.3 Å². The van der Waals surface area contributed by atoms with E-state index in [1.165, 1.54) is 28.8 Å². The first-order valence-electron chi connectivity index (χ1n) is 12.0. The number of aromatic nitrogens is 1. The molecule has 2 aromatic carbocycles. The number of allylic oxidation sites excluding steroid dienone is 2. The number of ketones is 1. The molecule has 35 heavy (non-hydrogen) atoms. The summed E-state index contributed by atoms with van der Waals surface area (Å²) in [5, 5.41) is 11.8. The average Bonchev–Trinajstić information content (AvgIpc) is 2.78. The number of halogens is 1. The number of alkyl halides is 1. The fourth-order valence-electron chi connectivity index (χ4n) is 3.88. The Labute approximate surface area is 223 Å². The van der Waals surface area contributed by atoms with Crippen molar-refractivity contribution >= 4 is 16.6 Å². The molecule has 0 saturated carbocycles. The molecule has 1 heterocycles. The Bertz CT molecular complexity index is 1130. The minimum absolute atomic E-state index is 0.